The minimum atomic E-state index is -0.305. The van der Waals surface area contributed by atoms with Crippen molar-refractivity contribution in [2.45, 2.75) is 12.5 Å². The molecule has 7 heteroatoms. The number of amides is 1. The van der Waals surface area contributed by atoms with Gasteiger partial charge in [0.1, 0.15) is 11.9 Å². The molecule has 1 unspecified atom stereocenters. The lowest BCUT2D eigenvalue weighted by Gasteiger charge is -2.22. The Bertz CT molecular complexity index is 456. The van der Waals surface area contributed by atoms with Gasteiger partial charge in [0.15, 0.2) is 0 Å². The van der Waals surface area contributed by atoms with E-state index in [1.54, 1.807) is 12.1 Å². The fourth-order valence-electron chi connectivity index (χ4n) is 1.91. The van der Waals surface area contributed by atoms with Crippen LogP contribution < -0.4 is 10.6 Å². The average molecular weight is 368 g/mol. The molecule has 1 fully saturated rings. The van der Waals surface area contributed by atoms with Crippen LogP contribution in [0.1, 0.15) is 5.56 Å². The van der Waals surface area contributed by atoms with Crippen molar-refractivity contribution in [3.8, 4) is 0 Å². The van der Waals surface area contributed by atoms with Gasteiger partial charge < -0.3 is 15.4 Å². The molecule has 1 aliphatic rings. The van der Waals surface area contributed by atoms with Crippen LogP contribution in [-0.4, -0.2) is 38.3 Å². The Balaban J connectivity index is 0.00000200. The van der Waals surface area contributed by atoms with E-state index in [1.807, 2.05) is 0 Å². The third-order valence-corrected chi connectivity index (χ3v) is 3.43. The van der Waals surface area contributed by atoms with Crippen LogP contribution in [0.2, 0.25) is 0 Å². The summed E-state index contributed by atoms with van der Waals surface area (Å²) < 4.78 is 19.5. The fourth-order valence-corrected chi connectivity index (χ4v) is 2.32. The largest absolute Gasteiger partial charge is 0.378 e. The van der Waals surface area contributed by atoms with Crippen molar-refractivity contribution in [2.75, 3.05) is 26.3 Å². The zero-order chi connectivity index (χ0) is 13.7. The quantitative estimate of drug-likeness (QED) is 0.851. The highest BCUT2D eigenvalue weighted by Crippen LogP contribution is 2.15. The number of benzene rings is 1. The summed E-state index contributed by atoms with van der Waals surface area (Å²) in [6, 6.07) is 4.49. The molecule has 1 atom stereocenters. The normalized spacial score (nSPS) is 18.2. The van der Waals surface area contributed by atoms with Gasteiger partial charge in [-0.1, -0.05) is 15.9 Å². The first-order chi connectivity index (χ1) is 9.16. The van der Waals surface area contributed by atoms with Gasteiger partial charge >= 0.3 is 0 Å². The van der Waals surface area contributed by atoms with Crippen LogP contribution >= 0.6 is 28.3 Å². The predicted octanol–water partition coefficient (Wildman–Crippen LogP) is 1.66. The number of carbonyl (C=O) groups is 1. The molecule has 0 saturated carbocycles. The summed E-state index contributed by atoms with van der Waals surface area (Å²) in [5, 5.41) is 5.85. The Kier molecular flexibility index (Phi) is 7.43. The van der Waals surface area contributed by atoms with Crippen molar-refractivity contribution in [3.63, 3.8) is 0 Å². The molecule has 112 valence electrons. The lowest BCUT2D eigenvalue weighted by atomic mass is 10.1. The summed E-state index contributed by atoms with van der Waals surface area (Å²) in [7, 11) is 0. The van der Waals surface area contributed by atoms with E-state index in [1.165, 1.54) is 6.07 Å². The number of carbonyl (C=O) groups excluding carboxylic acids is 1. The Morgan fingerprint density at radius 1 is 1.55 bits per heavy atom. The molecule has 1 aromatic carbocycles. The third-order valence-electron chi connectivity index (χ3n) is 2.94. The van der Waals surface area contributed by atoms with Crippen LogP contribution in [0.4, 0.5) is 4.39 Å². The van der Waals surface area contributed by atoms with Gasteiger partial charge in [-0.25, -0.2) is 4.39 Å². The van der Waals surface area contributed by atoms with E-state index in [9.17, 15) is 9.18 Å². The Hall–Kier alpha value is -0.690. The van der Waals surface area contributed by atoms with Crippen molar-refractivity contribution in [1.82, 2.24) is 10.6 Å². The molecule has 1 aliphatic heterocycles. The molecule has 0 aromatic heterocycles. The number of hydrogen-bond acceptors (Lipinski definition) is 3. The Labute approximate surface area is 132 Å². The molecule has 0 radical (unpaired) electrons. The van der Waals surface area contributed by atoms with E-state index in [0.717, 1.165) is 4.47 Å². The molecule has 0 bridgehead atoms. The second-order valence-corrected chi connectivity index (χ2v) is 5.27. The summed E-state index contributed by atoms with van der Waals surface area (Å²) >= 11 is 3.30. The predicted molar refractivity (Wildman–Crippen MR) is 80.7 cm³/mol. The van der Waals surface area contributed by atoms with Gasteiger partial charge in [0, 0.05) is 17.6 Å². The maximum Gasteiger partial charge on any atom is 0.239 e. The van der Waals surface area contributed by atoms with Crippen molar-refractivity contribution < 1.29 is 13.9 Å². The van der Waals surface area contributed by atoms with E-state index in [-0.39, 0.29) is 30.2 Å². The van der Waals surface area contributed by atoms with Crippen molar-refractivity contribution >= 4 is 34.2 Å². The summed E-state index contributed by atoms with van der Waals surface area (Å²) in [5.74, 6) is -0.355. The minimum Gasteiger partial charge on any atom is -0.378 e. The summed E-state index contributed by atoms with van der Waals surface area (Å²) in [5.41, 5.74) is 0.586. The van der Waals surface area contributed by atoms with Gasteiger partial charge in [0.2, 0.25) is 5.91 Å². The number of nitrogens with one attached hydrogen (secondary N) is 2. The number of hydrogen-bond donors (Lipinski definition) is 2. The third kappa shape index (κ3) is 5.01. The van der Waals surface area contributed by atoms with Gasteiger partial charge in [-0.2, -0.15) is 0 Å². The van der Waals surface area contributed by atoms with Crippen LogP contribution in [0.25, 0.3) is 0 Å². The highest BCUT2D eigenvalue weighted by atomic mass is 79.9. The highest BCUT2D eigenvalue weighted by Gasteiger charge is 2.20. The van der Waals surface area contributed by atoms with Crippen LogP contribution in [0.3, 0.4) is 0 Å². The smallest absolute Gasteiger partial charge is 0.239 e. The van der Waals surface area contributed by atoms with E-state index >= 15 is 0 Å². The van der Waals surface area contributed by atoms with Gasteiger partial charge in [-0.3, -0.25) is 4.79 Å². The van der Waals surface area contributed by atoms with Crippen molar-refractivity contribution in [3.05, 3.63) is 34.1 Å². The standard InChI is InChI=1S/C13H16BrFN2O2.ClH/c14-10-1-2-11(15)9(7-10)3-4-17-13(18)12-8-19-6-5-16-12;/h1-2,7,12,16H,3-6,8H2,(H,17,18);1H. The first-order valence-corrected chi connectivity index (χ1v) is 6.99. The lowest BCUT2D eigenvalue weighted by molar-refractivity contribution is -0.125. The molecule has 2 N–H and O–H groups in total. The molecule has 1 aromatic rings. The number of halogens is 3. The van der Waals surface area contributed by atoms with Crippen molar-refractivity contribution in [1.29, 1.82) is 0 Å². The Morgan fingerprint density at radius 3 is 3.05 bits per heavy atom. The zero-order valence-electron chi connectivity index (χ0n) is 10.8. The number of rotatable bonds is 4. The van der Waals surface area contributed by atoms with Gasteiger partial charge in [0.25, 0.3) is 0 Å². The zero-order valence-corrected chi connectivity index (χ0v) is 13.2. The number of morpholine rings is 1. The molecule has 0 aliphatic carbocycles. The molecule has 4 nitrogen and oxygen atoms in total. The molecule has 1 heterocycles. The maximum atomic E-state index is 13.5. The van der Waals surface area contributed by atoms with E-state index in [4.69, 9.17) is 4.74 Å². The molecular formula is C13H17BrClFN2O2. The second-order valence-electron chi connectivity index (χ2n) is 4.36. The summed E-state index contributed by atoms with van der Waals surface area (Å²) in [4.78, 5) is 11.8. The van der Waals surface area contributed by atoms with Gasteiger partial charge in [-0.15, -0.1) is 12.4 Å². The minimum absolute atomic E-state index is 0. The van der Waals surface area contributed by atoms with E-state index in [2.05, 4.69) is 26.6 Å². The summed E-state index contributed by atoms with van der Waals surface area (Å²) in [6.07, 6.45) is 0.463. The first kappa shape index (κ1) is 17.4. The molecule has 1 saturated heterocycles. The maximum absolute atomic E-state index is 13.5. The molecule has 1 amide bonds. The second kappa shape index (κ2) is 8.56. The van der Waals surface area contributed by atoms with Gasteiger partial charge in [0.05, 0.1) is 13.2 Å². The topological polar surface area (TPSA) is 50.4 Å². The van der Waals surface area contributed by atoms with Crippen LogP contribution in [-0.2, 0) is 16.0 Å². The van der Waals surface area contributed by atoms with Gasteiger partial charge in [-0.05, 0) is 30.2 Å². The van der Waals surface area contributed by atoms with Crippen LogP contribution in [0.15, 0.2) is 22.7 Å². The first-order valence-electron chi connectivity index (χ1n) is 6.19. The fraction of sp³-hybridized carbons (Fsp3) is 0.462. The monoisotopic (exact) mass is 366 g/mol. The van der Waals surface area contributed by atoms with Crippen molar-refractivity contribution in [2.24, 2.45) is 0 Å². The molecule has 0 spiro atoms. The summed E-state index contributed by atoms with van der Waals surface area (Å²) in [6.45, 7) is 2.10. The highest BCUT2D eigenvalue weighted by molar-refractivity contribution is 9.10. The molecule has 2 rings (SSSR count). The van der Waals surface area contributed by atoms with E-state index in [0.29, 0.717) is 38.3 Å². The Morgan fingerprint density at radius 2 is 2.35 bits per heavy atom. The van der Waals surface area contributed by atoms with Crippen LogP contribution in [0, 0.1) is 5.82 Å². The van der Waals surface area contributed by atoms with Crippen LogP contribution in [0.5, 0.6) is 0 Å². The molecule has 20 heavy (non-hydrogen) atoms. The molecular weight excluding hydrogens is 351 g/mol. The number of ether oxygens (including phenoxy) is 1. The lowest BCUT2D eigenvalue weighted by Crippen LogP contribution is -2.51. The van der Waals surface area contributed by atoms with E-state index < -0.39 is 0 Å². The SMILES string of the molecule is Cl.O=C(NCCc1cc(Br)ccc1F)C1COCCN1. The average Bonchev–Trinajstić information content (AvgIpc) is 2.43.